The third kappa shape index (κ3) is 2.69. The SMILES string of the molecule is N#Cc1cccc(Cn2cc(NC=O)cn2)c1. The molecule has 84 valence electrons. The first kappa shape index (κ1) is 10.9. The monoisotopic (exact) mass is 226 g/mol. The fourth-order valence-corrected chi connectivity index (χ4v) is 1.52. The van der Waals surface area contributed by atoms with Gasteiger partial charge in [-0.25, -0.2) is 0 Å². The minimum absolute atomic E-state index is 0.566. The Morgan fingerprint density at radius 3 is 3.18 bits per heavy atom. The molecule has 17 heavy (non-hydrogen) atoms. The number of nitrogens with one attached hydrogen (secondary N) is 1. The van der Waals surface area contributed by atoms with Crippen LogP contribution in [-0.2, 0) is 11.3 Å². The first-order chi connectivity index (χ1) is 8.31. The molecule has 1 amide bonds. The Bertz CT molecular complexity index is 568. The fraction of sp³-hybridized carbons (Fsp3) is 0.0833. The van der Waals surface area contributed by atoms with Crippen molar-refractivity contribution in [2.45, 2.75) is 6.54 Å². The average Bonchev–Trinajstić information content (AvgIpc) is 2.77. The molecule has 0 spiro atoms. The van der Waals surface area contributed by atoms with E-state index in [1.807, 2.05) is 18.2 Å². The van der Waals surface area contributed by atoms with Crippen molar-refractivity contribution in [1.82, 2.24) is 9.78 Å². The third-order valence-corrected chi connectivity index (χ3v) is 2.26. The summed E-state index contributed by atoms with van der Waals surface area (Å²) in [6.45, 7) is 0.566. The standard InChI is InChI=1S/C12H10N4O/c13-5-10-2-1-3-11(4-10)7-16-8-12(6-15-16)14-9-17/h1-4,6,8-9H,7H2,(H,14,17). The smallest absolute Gasteiger partial charge is 0.211 e. The number of rotatable bonds is 4. The molecule has 1 aromatic carbocycles. The lowest BCUT2D eigenvalue weighted by Crippen LogP contribution is -2.00. The van der Waals surface area contributed by atoms with Crippen LogP contribution in [0, 0.1) is 11.3 Å². The molecule has 0 aliphatic carbocycles. The highest BCUT2D eigenvalue weighted by Gasteiger charge is 2.00. The van der Waals surface area contributed by atoms with Gasteiger partial charge in [0.05, 0.1) is 30.1 Å². The van der Waals surface area contributed by atoms with Crippen LogP contribution in [0.3, 0.4) is 0 Å². The summed E-state index contributed by atoms with van der Waals surface area (Å²) in [6.07, 6.45) is 3.91. The van der Waals surface area contributed by atoms with Gasteiger partial charge < -0.3 is 5.32 Å². The number of hydrogen-bond donors (Lipinski definition) is 1. The van der Waals surface area contributed by atoms with E-state index in [2.05, 4.69) is 16.5 Å². The van der Waals surface area contributed by atoms with Gasteiger partial charge in [-0.05, 0) is 17.7 Å². The van der Waals surface area contributed by atoms with E-state index in [-0.39, 0.29) is 0 Å². The molecule has 1 heterocycles. The van der Waals surface area contributed by atoms with E-state index in [0.29, 0.717) is 24.2 Å². The molecule has 2 aromatic rings. The second kappa shape index (κ2) is 4.94. The van der Waals surface area contributed by atoms with Crippen LogP contribution in [0.25, 0.3) is 0 Å². The maximum atomic E-state index is 10.2. The zero-order chi connectivity index (χ0) is 12.1. The summed E-state index contributed by atoms with van der Waals surface area (Å²) < 4.78 is 1.70. The molecule has 0 fully saturated rings. The van der Waals surface area contributed by atoms with Crippen LogP contribution in [0.15, 0.2) is 36.7 Å². The van der Waals surface area contributed by atoms with Crippen LogP contribution in [-0.4, -0.2) is 16.2 Å². The highest BCUT2D eigenvalue weighted by atomic mass is 16.1. The number of carbonyl (C=O) groups is 1. The van der Waals surface area contributed by atoms with Gasteiger partial charge in [-0.2, -0.15) is 10.4 Å². The molecule has 0 radical (unpaired) electrons. The van der Waals surface area contributed by atoms with Gasteiger partial charge in [0.15, 0.2) is 0 Å². The van der Waals surface area contributed by atoms with E-state index in [0.717, 1.165) is 5.56 Å². The highest BCUT2D eigenvalue weighted by Crippen LogP contribution is 2.08. The Hall–Kier alpha value is -2.61. The molecule has 0 aliphatic heterocycles. The number of benzene rings is 1. The number of anilines is 1. The Labute approximate surface area is 98.3 Å². The number of nitrogens with zero attached hydrogens (tertiary/aromatic N) is 3. The highest BCUT2D eigenvalue weighted by molar-refractivity contribution is 5.69. The number of amides is 1. The van der Waals surface area contributed by atoms with E-state index in [4.69, 9.17) is 5.26 Å². The van der Waals surface area contributed by atoms with Crippen molar-refractivity contribution in [3.8, 4) is 6.07 Å². The molecule has 1 aromatic heterocycles. The summed E-state index contributed by atoms with van der Waals surface area (Å²) in [7, 11) is 0. The van der Waals surface area contributed by atoms with Crippen molar-refractivity contribution in [1.29, 1.82) is 5.26 Å². The Balaban J connectivity index is 2.14. The molecule has 5 nitrogen and oxygen atoms in total. The number of aromatic nitrogens is 2. The van der Waals surface area contributed by atoms with Crippen molar-refractivity contribution in [2.24, 2.45) is 0 Å². The van der Waals surface area contributed by atoms with E-state index < -0.39 is 0 Å². The van der Waals surface area contributed by atoms with E-state index in [1.54, 1.807) is 23.1 Å². The van der Waals surface area contributed by atoms with Gasteiger partial charge in [0.25, 0.3) is 0 Å². The molecule has 1 N–H and O–H groups in total. The molecular weight excluding hydrogens is 216 g/mol. The van der Waals surface area contributed by atoms with Crippen molar-refractivity contribution in [2.75, 3.05) is 5.32 Å². The predicted octanol–water partition coefficient (Wildman–Crippen LogP) is 1.37. The lowest BCUT2D eigenvalue weighted by atomic mass is 10.1. The van der Waals surface area contributed by atoms with Crippen LogP contribution in [0.4, 0.5) is 5.69 Å². The quantitative estimate of drug-likeness (QED) is 0.800. The van der Waals surface area contributed by atoms with Crippen LogP contribution in [0.5, 0.6) is 0 Å². The predicted molar refractivity (Wildman–Crippen MR) is 62.2 cm³/mol. The van der Waals surface area contributed by atoms with Gasteiger partial charge >= 0.3 is 0 Å². The summed E-state index contributed by atoms with van der Waals surface area (Å²) in [6, 6.07) is 9.42. The first-order valence-corrected chi connectivity index (χ1v) is 5.03. The molecule has 0 bridgehead atoms. The second-order valence-electron chi connectivity index (χ2n) is 3.50. The lowest BCUT2D eigenvalue weighted by Gasteiger charge is -2.01. The number of carbonyl (C=O) groups excluding carboxylic acids is 1. The van der Waals surface area contributed by atoms with Crippen LogP contribution < -0.4 is 5.32 Å². The molecule has 2 rings (SSSR count). The number of hydrogen-bond acceptors (Lipinski definition) is 3. The van der Waals surface area contributed by atoms with Crippen LogP contribution in [0.1, 0.15) is 11.1 Å². The average molecular weight is 226 g/mol. The molecule has 0 atom stereocenters. The lowest BCUT2D eigenvalue weighted by molar-refractivity contribution is -0.105. The van der Waals surface area contributed by atoms with Crippen molar-refractivity contribution >= 4 is 12.1 Å². The van der Waals surface area contributed by atoms with E-state index in [9.17, 15) is 4.79 Å². The number of nitriles is 1. The molecular formula is C12H10N4O. The van der Waals surface area contributed by atoms with Gasteiger partial charge in [0.1, 0.15) is 0 Å². The van der Waals surface area contributed by atoms with Gasteiger partial charge in [-0.15, -0.1) is 0 Å². The normalized spacial score (nSPS) is 9.59. The third-order valence-electron chi connectivity index (χ3n) is 2.26. The minimum Gasteiger partial charge on any atom is -0.326 e. The molecule has 0 saturated carbocycles. The van der Waals surface area contributed by atoms with Crippen LogP contribution in [0.2, 0.25) is 0 Å². The van der Waals surface area contributed by atoms with E-state index >= 15 is 0 Å². The van der Waals surface area contributed by atoms with Gasteiger partial charge in [0, 0.05) is 6.20 Å². The van der Waals surface area contributed by atoms with Crippen molar-refractivity contribution < 1.29 is 4.79 Å². The summed E-state index contributed by atoms with van der Waals surface area (Å²) in [5.74, 6) is 0. The maximum Gasteiger partial charge on any atom is 0.211 e. The Morgan fingerprint density at radius 1 is 1.53 bits per heavy atom. The Kier molecular flexibility index (Phi) is 3.17. The van der Waals surface area contributed by atoms with E-state index in [1.165, 1.54) is 0 Å². The molecule has 5 heteroatoms. The molecule has 0 saturated heterocycles. The maximum absolute atomic E-state index is 10.2. The van der Waals surface area contributed by atoms with Gasteiger partial charge in [-0.1, -0.05) is 12.1 Å². The fourth-order valence-electron chi connectivity index (χ4n) is 1.52. The largest absolute Gasteiger partial charge is 0.326 e. The zero-order valence-corrected chi connectivity index (χ0v) is 9.00. The summed E-state index contributed by atoms with van der Waals surface area (Å²) in [5.41, 5.74) is 2.27. The Morgan fingerprint density at radius 2 is 2.41 bits per heavy atom. The second-order valence-corrected chi connectivity index (χ2v) is 3.50. The van der Waals surface area contributed by atoms with Crippen LogP contribution >= 0.6 is 0 Å². The van der Waals surface area contributed by atoms with Gasteiger partial charge in [0.2, 0.25) is 6.41 Å². The summed E-state index contributed by atoms with van der Waals surface area (Å²) in [4.78, 5) is 10.2. The summed E-state index contributed by atoms with van der Waals surface area (Å²) >= 11 is 0. The van der Waals surface area contributed by atoms with Gasteiger partial charge in [-0.3, -0.25) is 9.48 Å². The molecule has 0 unspecified atom stereocenters. The van der Waals surface area contributed by atoms with Crippen molar-refractivity contribution in [3.05, 3.63) is 47.8 Å². The minimum atomic E-state index is 0.566. The topological polar surface area (TPSA) is 70.7 Å². The first-order valence-electron chi connectivity index (χ1n) is 5.03. The van der Waals surface area contributed by atoms with Crippen molar-refractivity contribution in [3.63, 3.8) is 0 Å². The summed E-state index contributed by atoms with van der Waals surface area (Å²) in [5, 5.41) is 15.4. The zero-order valence-electron chi connectivity index (χ0n) is 9.00. The molecule has 0 aliphatic rings.